The van der Waals surface area contributed by atoms with Crippen LogP contribution < -0.4 is 10.1 Å². The van der Waals surface area contributed by atoms with Crippen molar-refractivity contribution in [3.63, 3.8) is 0 Å². The quantitative estimate of drug-likeness (QED) is 0.371. The predicted octanol–water partition coefficient (Wildman–Crippen LogP) is 4.76. The summed E-state index contributed by atoms with van der Waals surface area (Å²) in [5, 5.41) is 12.5. The lowest BCUT2D eigenvalue weighted by Gasteiger charge is -2.16. The van der Waals surface area contributed by atoms with Crippen LogP contribution in [0.3, 0.4) is 0 Å². The van der Waals surface area contributed by atoms with Crippen LogP contribution in [0.5, 0.6) is 5.75 Å². The maximum absolute atomic E-state index is 11.3. The summed E-state index contributed by atoms with van der Waals surface area (Å²) in [6.45, 7) is 5.13. The third kappa shape index (κ3) is 5.34. The average Bonchev–Trinajstić information content (AvgIpc) is 3.43. The first-order chi connectivity index (χ1) is 17.6. The molecule has 0 radical (unpaired) electrons. The van der Waals surface area contributed by atoms with E-state index < -0.39 is 15.8 Å². The first kappa shape index (κ1) is 25.3. The monoisotopic (exact) mass is 520 g/mol. The lowest BCUT2D eigenvalue weighted by Crippen LogP contribution is -2.10. The van der Waals surface area contributed by atoms with Crippen LogP contribution in [0.1, 0.15) is 40.2 Å². The van der Waals surface area contributed by atoms with Crippen molar-refractivity contribution < 1.29 is 23.1 Å². The molecule has 8 heteroatoms. The Labute approximate surface area is 217 Å². The zero-order chi connectivity index (χ0) is 26.3. The number of nitrogens with zero attached hydrogens (tertiary/aromatic N) is 1. The van der Waals surface area contributed by atoms with E-state index in [4.69, 9.17) is 4.74 Å². The summed E-state index contributed by atoms with van der Waals surface area (Å²) >= 11 is 0. The minimum atomic E-state index is -2.96. The van der Waals surface area contributed by atoms with Crippen molar-refractivity contribution in [3.8, 4) is 16.9 Å². The SMILES string of the molecule is Cc1cc(NCCCS(C)(=O)=O)ncc1-c1cccc(COc2ccc3c(c2)C[C@H]2[C@H](C(=O)O)[C@@H]32)c1C. The van der Waals surface area contributed by atoms with Gasteiger partial charge in [0, 0.05) is 30.5 Å². The Balaban J connectivity index is 1.24. The zero-order valence-electron chi connectivity index (χ0n) is 21.3. The van der Waals surface area contributed by atoms with E-state index in [-0.39, 0.29) is 23.5 Å². The number of sulfone groups is 1. The maximum atomic E-state index is 11.3. The Kier molecular flexibility index (Phi) is 6.70. The molecule has 3 atom stereocenters. The second-order valence-electron chi connectivity index (χ2n) is 10.3. The average molecular weight is 521 g/mol. The molecule has 2 aliphatic carbocycles. The Bertz CT molecular complexity index is 1470. The van der Waals surface area contributed by atoms with Gasteiger partial charge in [-0.2, -0.15) is 0 Å². The van der Waals surface area contributed by atoms with Crippen LogP contribution in [0, 0.1) is 25.7 Å². The number of aryl methyl sites for hydroxylation is 1. The molecule has 1 aromatic heterocycles. The summed E-state index contributed by atoms with van der Waals surface area (Å²) < 4.78 is 28.8. The van der Waals surface area contributed by atoms with E-state index in [1.54, 1.807) is 0 Å². The number of aromatic nitrogens is 1. The normalized spacial score (nSPS) is 19.7. The highest BCUT2D eigenvalue weighted by Crippen LogP contribution is 2.61. The minimum absolute atomic E-state index is 0.156. The molecular formula is C29H32N2O5S. The van der Waals surface area contributed by atoms with Gasteiger partial charge in [-0.3, -0.25) is 4.79 Å². The number of anilines is 1. The molecule has 2 N–H and O–H groups in total. The molecule has 194 valence electrons. The van der Waals surface area contributed by atoms with Crippen LogP contribution in [0.2, 0.25) is 0 Å². The highest BCUT2D eigenvalue weighted by atomic mass is 32.2. The fraction of sp³-hybridized carbons (Fsp3) is 0.379. The number of carbonyl (C=O) groups is 1. The number of fused-ring (bicyclic) bond motifs is 3. The minimum Gasteiger partial charge on any atom is -0.489 e. The fourth-order valence-corrected chi connectivity index (χ4v) is 6.26. The van der Waals surface area contributed by atoms with Crippen molar-refractivity contribution in [2.24, 2.45) is 11.8 Å². The number of benzene rings is 2. The molecule has 1 saturated carbocycles. The number of aliphatic carboxylic acids is 1. The van der Waals surface area contributed by atoms with Crippen molar-refractivity contribution in [3.05, 3.63) is 76.5 Å². The molecule has 2 aliphatic rings. The molecule has 5 rings (SSSR count). The van der Waals surface area contributed by atoms with E-state index in [2.05, 4.69) is 35.4 Å². The molecule has 2 aromatic carbocycles. The second kappa shape index (κ2) is 9.82. The number of ether oxygens (including phenoxy) is 1. The van der Waals surface area contributed by atoms with E-state index in [0.717, 1.165) is 45.8 Å². The van der Waals surface area contributed by atoms with Gasteiger partial charge in [0.2, 0.25) is 0 Å². The first-order valence-electron chi connectivity index (χ1n) is 12.6. The highest BCUT2D eigenvalue weighted by Gasteiger charge is 2.59. The van der Waals surface area contributed by atoms with Crippen LogP contribution in [0.25, 0.3) is 11.1 Å². The lowest BCUT2D eigenvalue weighted by atomic mass is 9.95. The van der Waals surface area contributed by atoms with Crippen molar-refractivity contribution >= 4 is 21.6 Å². The largest absolute Gasteiger partial charge is 0.489 e. The van der Waals surface area contributed by atoms with E-state index in [9.17, 15) is 18.3 Å². The number of rotatable bonds is 10. The number of hydrogen-bond donors (Lipinski definition) is 2. The molecule has 0 amide bonds. The van der Waals surface area contributed by atoms with Gasteiger partial charge in [0.25, 0.3) is 0 Å². The summed E-state index contributed by atoms with van der Waals surface area (Å²) in [6, 6.07) is 14.2. The molecular weight excluding hydrogens is 488 g/mol. The standard InChI is InChI=1S/C29H32N2O5S/c1-17-12-26(30-10-5-11-37(3,34)35)31-15-25(17)22-7-4-6-19(18(22)2)16-36-21-8-9-23-20(13-21)14-24-27(23)28(24)29(32)33/h4,6-9,12-13,15,24,27-28H,5,10-11,14,16H2,1-3H3,(H,30,31)(H,32,33)/t24-,27+,28+/m1/s1. The van der Waals surface area contributed by atoms with E-state index >= 15 is 0 Å². The van der Waals surface area contributed by atoms with Crippen LogP contribution in [0.4, 0.5) is 5.82 Å². The van der Waals surface area contributed by atoms with E-state index in [1.165, 1.54) is 17.4 Å². The second-order valence-corrected chi connectivity index (χ2v) is 12.6. The summed E-state index contributed by atoms with van der Waals surface area (Å²) in [5.41, 5.74) is 7.83. The number of carboxylic acid groups (broad SMARTS) is 1. The molecule has 1 fully saturated rings. The summed E-state index contributed by atoms with van der Waals surface area (Å²) in [5.74, 6) is 1.21. The number of hydrogen-bond acceptors (Lipinski definition) is 6. The third-order valence-corrected chi connectivity index (χ3v) is 8.65. The first-order valence-corrected chi connectivity index (χ1v) is 14.6. The van der Waals surface area contributed by atoms with Crippen LogP contribution >= 0.6 is 0 Å². The van der Waals surface area contributed by atoms with Crippen LogP contribution in [0.15, 0.2) is 48.7 Å². The van der Waals surface area contributed by atoms with Gasteiger partial charge in [-0.15, -0.1) is 0 Å². The molecule has 3 aromatic rings. The molecule has 0 bridgehead atoms. The van der Waals surface area contributed by atoms with Gasteiger partial charge in [-0.25, -0.2) is 13.4 Å². The van der Waals surface area contributed by atoms with E-state index in [0.29, 0.717) is 19.6 Å². The predicted molar refractivity (Wildman–Crippen MR) is 144 cm³/mol. The maximum Gasteiger partial charge on any atom is 0.307 e. The Morgan fingerprint density at radius 3 is 2.70 bits per heavy atom. The molecule has 0 saturated heterocycles. The van der Waals surface area contributed by atoms with Crippen molar-refractivity contribution in [1.82, 2.24) is 4.98 Å². The van der Waals surface area contributed by atoms with Gasteiger partial charge in [-0.1, -0.05) is 24.3 Å². The molecule has 0 aliphatic heterocycles. The van der Waals surface area contributed by atoms with Gasteiger partial charge >= 0.3 is 5.97 Å². The Morgan fingerprint density at radius 1 is 1.16 bits per heavy atom. The molecule has 1 heterocycles. The lowest BCUT2D eigenvalue weighted by molar-refractivity contribution is -0.139. The van der Waals surface area contributed by atoms with Crippen LogP contribution in [-0.2, 0) is 27.7 Å². The smallest absolute Gasteiger partial charge is 0.307 e. The number of pyridine rings is 1. The topological polar surface area (TPSA) is 106 Å². The van der Waals surface area contributed by atoms with Gasteiger partial charge in [-0.05, 0) is 84.2 Å². The van der Waals surface area contributed by atoms with Gasteiger partial charge in [0.1, 0.15) is 28.0 Å². The van der Waals surface area contributed by atoms with Crippen molar-refractivity contribution in [1.29, 1.82) is 0 Å². The van der Waals surface area contributed by atoms with Gasteiger partial charge in [0.15, 0.2) is 0 Å². The fourth-order valence-electron chi connectivity index (χ4n) is 5.59. The van der Waals surface area contributed by atoms with Crippen LogP contribution in [-0.4, -0.2) is 43.0 Å². The summed E-state index contributed by atoms with van der Waals surface area (Å²) in [7, 11) is -2.96. The Morgan fingerprint density at radius 2 is 1.97 bits per heavy atom. The molecule has 0 spiro atoms. The molecule has 37 heavy (non-hydrogen) atoms. The van der Waals surface area contributed by atoms with Crippen molar-refractivity contribution in [2.75, 3.05) is 23.9 Å². The third-order valence-electron chi connectivity index (χ3n) is 7.62. The highest BCUT2D eigenvalue weighted by molar-refractivity contribution is 7.90. The van der Waals surface area contributed by atoms with Crippen molar-refractivity contribution in [2.45, 2.75) is 39.2 Å². The molecule has 7 nitrogen and oxygen atoms in total. The summed E-state index contributed by atoms with van der Waals surface area (Å²) in [4.78, 5) is 15.9. The van der Waals surface area contributed by atoms with Gasteiger partial charge in [0.05, 0.1) is 11.7 Å². The zero-order valence-corrected chi connectivity index (χ0v) is 22.1. The Hall–Kier alpha value is -3.39. The number of carboxylic acids is 1. The molecule has 0 unspecified atom stereocenters. The number of nitrogens with one attached hydrogen (secondary N) is 1. The van der Waals surface area contributed by atoms with E-state index in [1.807, 2.05) is 37.4 Å². The summed E-state index contributed by atoms with van der Waals surface area (Å²) in [6.07, 6.45) is 4.46. The van der Waals surface area contributed by atoms with Gasteiger partial charge < -0.3 is 15.2 Å².